The van der Waals surface area contributed by atoms with Crippen molar-refractivity contribution in [2.75, 3.05) is 58.6 Å². The predicted octanol–water partition coefficient (Wildman–Crippen LogP) is 1.14. The van der Waals surface area contributed by atoms with Gasteiger partial charge < -0.3 is 15.1 Å². The van der Waals surface area contributed by atoms with Crippen LogP contribution in [0.5, 0.6) is 0 Å². The summed E-state index contributed by atoms with van der Waals surface area (Å²) in [4.78, 5) is 23.6. The van der Waals surface area contributed by atoms with Gasteiger partial charge in [0.05, 0.1) is 6.04 Å². The Kier molecular flexibility index (Phi) is 8.69. The van der Waals surface area contributed by atoms with Gasteiger partial charge in [-0.2, -0.15) is 0 Å². The molecule has 0 spiro atoms. The minimum atomic E-state index is -0.899. The first kappa shape index (κ1) is 22.7. The van der Waals surface area contributed by atoms with Crippen molar-refractivity contribution in [3.8, 4) is 0 Å². The van der Waals surface area contributed by atoms with Crippen LogP contribution in [0.3, 0.4) is 0 Å². The fraction of sp³-hybridized carbons (Fsp3) is 0.636. The van der Waals surface area contributed by atoms with Gasteiger partial charge in [-0.1, -0.05) is 30.3 Å². The summed E-state index contributed by atoms with van der Waals surface area (Å²) in [5, 5.41) is 3.36. The number of amides is 1. The van der Waals surface area contributed by atoms with Crippen LogP contribution in [0.1, 0.15) is 25.3 Å². The molecule has 1 amide bonds. The molecule has 1 aromatic rings. The summed E-state index contributed by atoms with van der Waals surface area (Å²) < 4.78 is 12.3. The predicted molar refractivity (Wildman–Crippen MR) is 123 cm³/mol. The van der Waals surface area contributed by atoms with Gasteiger partial charge in [0, 0.05) is 75.2 Å². The molecule has 8 heteroatoms. The van der Waals surface area contributed by atoms with Crippen LogP contribution in [0, 0.1) is 0 Å². The minimum Gasteiger partial charge on any atom is -0.355 e. The molecule has 1 aromatic carbocycles. The Bertz CT molecular complexity index is 728. The number of nitrogens with zero attached hydrogens (tertiary/aromatic N) is 4. The third-order valence-corrected chi connectivity index (χ3v) is 7.25. The van der Waals surface area contributed by atoms with Crippen LogP contribution in [0.25, 0.3) is 0 Å². The van der Waals surface area contributed by atoms with Crippen molar-refractivity contribution in [1.82, 2.24) is 20.0 Å². The number of carbonyl (C=O) groups excluding carboxylic acids is 1. The van der Waals surface area contributed by atoms with E-state index >= 15 is 0 Å². The molecule has 1 N–H and O–H groups in total. The summed E-state index contributed by atoms with van der Waals surface area (Å²) in [6, 6.07) is 9.90. The molecule has 2 atom stereocenters. The highest BCUT2D eigenvalue weighted by atomic mass is 32.2. The molecular weight excluding hydrogens is 398 g/mol. The SMILES string of the molecule is CN=C(NCCS(=O)Cc1ccccc1)N1CCN(C(C)C(=O)N2CCCC2)CC1. The maximum Gasteiger partial charge on any atom is 0.239 e. The molecule has 2 saturated heterocycles. The van der Waals surface area contributed by atoms with E-state index in [2.05, 4.69) is 20.1 Å². The number of likely N-dealkylation sites (tertiary alicyclic amines) is 1. The summed E-state index contributed by atoms with van der Waals surface area (Å²) in [6.45, 7) is 7.86. The van der Waals surface area contributed by atoms with Crippen LogP contribution < -0.4 is 5.32 Å². The summed E-state index contributed by atoms with van der Waals surface area (Å²) in [6.07, 6.45) is 2.26. The monoisotopic (exact) mass is 433 g/mol. The zero-order valence-corrected chi connectivity index (χ0v) is 19.1. The molecule has 0 aromatic heterocycles. The average Bonchev–Trinajstić information content (AvgIpc) is 3.31. The molecule has 2 aliphatic rings. The third-order valence-electron chi connectivity index (χ3n) is 5.93. The van der Waals surface area contributed by atoms with E-state index in [4.69, 9.17) is 0 Å². The Hall–Kier alpha value is -1.93. The lowest BCUT2D eigenvalue weighted by Crippen LogP contribution is -2.57. The lowest BCUT2D eigenvalue weighted by molar-refractivity contribution is -0.135. The molecule has 2 heterocycles. The van der Waals surface area contributed by atoms with E-state index in [-0.39, 0.29) is 11.9 Å². The summed E-state index contributed by atoms with van der Waals surface area (Å²) in [7, 11) is 0.887. The number of rotatable bonds is 7. The highest BCUT2D eigenvalue weighted by molar-refractivity contribution is 7.84. The maximum atomic E-state index is 12.7. The van der Waals surface area contributed by atoms with Gasteiger partial charge >= 0.3 is 0 Å². The highest BCUT2D eigenvalue weighted by Crippen LogP contribution is 2.14. The Morgan fingerprint density at radius 1 is 1.07 bits per heavy atom. The number of hydrogen-bond donors (Lipinski definition) is 1. The molecular formula is C22H35N5O2S. The molecule has 7 nitrogen and oxygen atoms in total. The fourth-order valence-corrected chi connectivity index (χ4v) is 5.16. The van der Waals surface area contributed by atoms with E-state index in [9.17, 15) is 9.00 Å². The van der Waals surface area contributed by atoms with Crippen molar-refractivity contribution < 1.29 is 9.00 Å². The molecule has 30 heavy (non-hydrogen) atoms. The zero-order chi connectivity index (χ0) is 21.3. The number of aliphatic imine (C=N–C) groups is 1. The van der Waals surface area contributed by atoms with Gasteiger partial charge in [-0.25, -0.2) is 0 Å². The normalized spacial score (nSPS) is 20.3. The molecule has 0 saturated carbocycles. The van der Waals surface area contributed by atoms with Gasteiger partial charge in [0.1, 0.15) is 0 Å². The average molecular weight is 434 g/mol. The van der Waals surface area contributed by atoms with Gasteiger partial charge in [0.15, 0.2) is 5.96 Å². The highest BCUT2D eigenvalue weighted by Gasteiger charge is 2.30. The second-order valence-corrected chi connectivity index (χ2v) is 9.56. The van der Waals surface area contributed by atoms with Crippen molar-refractivity contribution in [3.05, 3.63) is 35.9 Å². The van der Waals surface area contributed by atoms with Gasteiger partial charge in [0.25, 0.3) is 0 Å². The smallest absolute Gasteiger partial charge is 0.239 e. The lowest BCUT2D eigenvalue weighted by atomic mass is 10.2. The zero-order valence-electron chi connectivity index (χ0n) is 18.3. The van der Waals surface area contributed by atoms with Crippen molar-refractivity contribution in [2.24, 2.45) is 4.99 Å². The Morgan fingerprint density at radius 3 is 2.37 bits per heavy atom. The van der Waals surface area contributed by atoms with E-state index in [1.165, 1.54) is 0 Å². The second-order valence-electron chi connectivity index (χ2n) is 7.98. The van der Waals surface area contributed by atoms with E-state index in [1.807, 2.05) is 42.2 Å². The van der Waals surface area contributed by atoms with Gasteiger partial charge in [-0.15, -0.1) is 0 Å². The molecule has 0 aliphatic carbocycles. The molecule has 0 bridgehead atoms. The summed E-state index contributed by atoms with van der Waals surface area (Å²) in [5.74, 6) is 2.30. The van der Waals surface area contributed by atoms with Crippen LogP contribution in [-0.4, -0.2) is 95.4 Å². The number of nitrogens with one attached hydrogen (secondary N) is 1. The first-order valence-electron chi connectivity index (χ1n) is 11.0. The number of benzene rings is 1. The van der Waals surface area contributed by atoms with Gasteiger partial charge in [-0.05, 0) is 25.3 Å². The van der Waals surface area contributed by atoms with E-state index in [1.54, 1.807) is 7.05 Å². The number of piperazine rings is 1. The molecule has 2 fully saturated rings. The second kappa shape index (κ2) is 11.5. The number of guanidine groups is 1. The Labute approximate surface area is 183 Å². The number of hydrogen-bond acceptors (Lipinski definition) is 4. The Morgan fingerprint density at radius 2 is 1.73 bits per heavy atom. The van der Waals surface area contributed by atoms with Gasteiger partial charge in [0.2, 0.25) is 5.91 Å². The largest absolute Gasteiger partial charge is 0.355 e. The third kappa shape index (κ3) is 6.28. The van der Waals surface area contributed by atoms with Crippen LogP contribution in [0.2, 0.25) is 0 Å². The number of carbonyl (C=O) groups is 1. The minimum absolute atomic E-state index is 0.0550. The van der Waals surface area contributed by atoms with Crippen LogP contribution in [-0.2, 0) is 21.3 Å². The van der Waals surface area contributed by atoms with Crippen LogP contribution in [0.15, 0.2) is 35.3 Å². The molecule has 2 unspecified atom stereocenters. The molecule has 0 radical (unpaired) electrons. The van der Waals surface area contributed by atoms with Crippen molar-refractivity contribution in [3.63, 3.8) is 0 Å². The quantitative estimate of drug-likeness (QED) is 0.516. The summed E-state index contributed by atoms with van der Waals surface area (Å²) in [5.41, 5.74) is 1.11. The Balaban J connectivity index is 1.39. The van der Waals surface area contributed by atoms with Crippen molar-refractivity contribution >= 4 is 22.7 Å². The molecule has 3 rings (SSSR count). The van der Waals surface area contributed by atoms with E-state index in [0.717, 1.165) is 63.6 Å². The first-order chi connectivity index (χ1) is 14.6. The van der Waals surface area contributed by atoms with Crippen LogP contribution in [0.4, 0.5) is 0 Å². The fourth-order valence-electron chi connectivity index (χ4n) is 4.12. The van der Waals surface area contributed by atoms with Crippen LogP contribution >= 0.6 is 0 Å². The summed E-state index contributed by atoms with van der Waals surface area (Å²) >= 11 is 0. The van der Waals surface area contributed by atoms with Crippen molar-refractivity contribution in [1.29, 1.82) is 0 Å². The topological polar surface area (TPSA) is 68.2 Å². The van der Waals surface area contributed by atoms with E-state index < -0.39 is 10.8 Å². The first-order valence-corrected chi connectivity index (χ1v) is 12.4. The standard InChI is InChI=1S/C22H35N5O2S/c1-19(21(28)26-11-6-7-12-26)25-13-15-27(16-14-25)22(23-2)24-10-17-30(29)18-20-8-4-3-5-9-20/h3-5,8-9,19H,6-7,10-18H2,1-2H3,(H,23,24). The maximum absolute atomic E-state index is 12.7. The van der Waals surface area contributed by atoms with Gasteiger partial charge in [-0.3, -0.25) is 18.9 Å². The molecule has 166 valence electrons. The lowest BCUT2D eigenvalue weighted by Gasteiger charge is -2.39. The van der Waals surface area contributed by atoms with E-state index in [0.29, 0.717) is 18.1 Å². The molecule has 2 aliphatic heterocycles. The van der Waals surface area contributed by atoms with Crippen molar-refractivity contribution in [2.45, 2.75) is 31.6 Å².